The normalized spacial score (nSPS) is 12.3. The minimum Gasteiger partial charge on any atom is -0.497 e. The standard InChI is InChI=1S/C11H18N2O2/c1-4-10(13-12)9-6-5-8(14-2)7-11(9)15-3/h5-7,10,13H,4,12H2,1-3H3. The van der Waals surface area contributed by atoms with Crippen LogP contribution in [0.15, 0.2) is 18.2 Å². The van der Waals surface area contributed by atoms with Gasteiger partial charge in [-0.25, -0.2) is 0 Å². The van der Waals surface area contributed by atoms with E-state index in [1.165, 1.54) is 0 Å². The van der Waals surface area contributed by atoms with Crippen molar-refractivity contribution >= 4 is 0 Å². The van der Waals surface area contributed by atoms with E-state index in [1.54, 1.807) is 14.2 Å². The lowest BCUT2D eigenvalue weighted by molar-refractivity contribution is 0.383. The molecule has 0 radical (unpaired) electrons. The fourth-order valence-corrected chi connectivity index (χ4v) is 1.53. The van der Waals surface area contributed by atoms with E-state index >= 15 is 0 Å². The average Bonchev–Trinajstić information content (AvgIpc) is 2.31. The molecule has 0 saturated heterocycles. The molecule has 0 aromatic heterocycles. The van der Waals surface area contributed by atoms with Gasteiger partial charge in [0.05, 0.1) is 14.2 Å². The molecule has 84 valence electrons. The maximum atomic E-state index is 5.47. The number of nitrogens with two attached hydrogens (primary N) is 1. The maximum absolute atomic E-state index is 5.47. The summed E-state index contributed by atoms with van der Waals surface area (Å²) < 4.78 is 10.4. The predicted octanol–water partition coefficient (Wildman–Crippen LogP) is 1.62. The van der Waals surface area contributed by atoms with Crippen LogP contribution >= 0.6 is 0 Å². The van der Waals surface area contributed by atoms with Crippen molar-refractivity contribution in [2.75, 3.05) is 14.2 Å². The minimum atomic E-state index is 0.103. The number of nitrogens with one attached hydrogen (secondary N) is 1. The zero-order chi connectivity index (χ0) is 11.3. The Kier molecular flexibility index (Phi) is 4.39. The summed E-state index contributed by atoms with van der Waals surface area (Å²) in [6.45, 7) is 2.06. The summed E-state index contributed by atoms with van der Waals surface area (Å²) in [5.41, 5.74) is 3.80. The Hall–Kier alpha value is -1.26. The summed E-state index contributed by atoms with van der Waals surface area (Å²) in [7, 11) is 3.27. The molecule has 4 heteroatoms. The van der Waals surface area contributed by atoms with Gasteiger partial charge in [-0.1, -0.05) is 13.0 Å². The van der Waals surface area contributed by atoms with Gasteiger partial charge in [0.15, 0.2) is 0 Å². The lowest BCUT2D eigenvalue weighted by Gasteiger charge is -2.17. The molecular formula is C11H18N2O2. The Morgan fingerprint density at radius 1 is 1.33 bits per heavy atom. The van der Waals surface area contributed by atoms with Crippen LogP contribution in [-0.2, 0) is 0 Å². The molecule has 0 aliphatic heterocycles. The van der Waals surface area contributed by atoms with Crippen molar-refractivity contribution in [2.24, 2.45) is 5.84 Å². The second-order valence-electron chi connectivity index (χ2n) is 3.24. The number of methoxy groups -OCH3 is 2. The maximum Gasteiger partial charge on any atom is 0.127 e. The summed E-state index contributed by atoms with van der Waals surface area (Å²) in [4.78, 5) is 0. The molecule has 1 unspecified atom stereocenters. The molecular weight excluding hydrogens is 192 g/mol. The molecule has 3 N–H and O–H groups in total. The Morgan fingerprint density at radius 3 is 2.53 bits per heavy atom. The first-order chi connectivity index (χ1) is 7.26. The number of ether oxygens (including phenoxy) is 2. The molecule has 1 atom stereocenters. The summed E-state index contributed by atoms with van der Waals surface area (Å²) >= 11 is 0. The molecule has 4 nitrogen and oxygen atoms in total. The number of hydrogen-bond acceptors (Lipinski definition) is 4. The first-order valence-corrected chi connectivity index (χ1v) is 4.94. The fraction of sp³-hybridized carbons (Fsp3) is 0.455. The van der Waals surface area contributed by atoms with Gasteiger partial charge in [-0.15, -0.1) is 0 Å². The molecule has 0 heterocycles. The molecule has 0 spiro atoms. The smallest absolute Gasteiger partial charge is 0.127 e. The third-order valence-corrected chi connectivity index (χ3v) is 2.43. The van der Waals surface area contributed by atoms with Crippen molar-refractivity contribution in [1.29, 1.82) is 0 Å². The van der Waals surface area contributed by atoms with Gasteiger partial charge >= 0.3 is 0 Å². The number of hydrogen-bond donors (Lipinski definition) is 2. The lowest BCUT2D eigenvalue weighted by atomic mass is 10.0. The van der Waals surface area contributed by atoms with E-state index in [1.807, 2.05) is 18.2 Å². The zero-order valence-electron chi connectivity index (χ0n) is 9.41. The van der Waals surface area contributed by atoms with Crippen LogP contribution in [0.5, 0.6) is 11.5 Å². The van der Waals surface area contributed by atoms with Crippen molar-refractivity contribution in [2.45, 2.75) is 19.4 Å². The molecule has 0 aliphatic rings. The molecule has 0 amide bonds. The summed E-state index contributed by atoms with van der Waals surface area (Å²) in [6, 6.07) is 5.82. The Morgan fingerprint density at radius 2 is 2.07 bits per heavy atom. The predicted molar refractivity (Wildman–Crippen MR) is 59.9 cm³/mol. The minimum absolute atomic E-state index is 0.103. The molecule has 1 aromatic carbocycles. The first-order valence-electron chi connectivity index (χ1n) is 4.94. The van der Waals surface area contributed by atoms with Crippen molar-refractivity contribution in [3.05, 3.63) is 23.8 Å². The van der Waals surface area contributed by atoms with Crippen LogP contribution in [0.2, 0.25) is 0 Å². The zero-order valence-corrected chi connectivity index (χ0v) is 9.41. The summed E-state index contributed by atoms with van der Waals surface area (Å²) in [5, 5.41) is 0. The van der Waals surface area contributed by atoms with Crippen molar-refractivity contribution < 1.29 is 9.47 Å². The van der Waals surface area contributed by atoms with E-state index in [9.17, 15) is 0 Å². The highest BCUT2D eigenvalue weighted by molar-refractivity contribution is 5.42. The van der Waals surface area contributed by atoms with E-state index in [2.05, 4.69) is 12.3 Å². The molecule has 1 rings (SSSR count). The van der Waals surface area contributed by atoms with Crippen LogP contribution < -0.4 is 20.7 Å². The highest BCUT2D eigenvalue weighted by Gasteiger charge is 2.13. The lowest BCUT2D eigenvalue weighted by Crippen LogP contribution is -2.27. The van der Waals surface area contributed by atoms with Gasteiger partial charge in [0.1, 0.15) is 11.5 Å². The summed E-state index contributed by atoms with van der Waals surface area (Å²) in [6.07, 6.45) is 0.902. The third-order valence-electron chi connectivity index (χ3n) is 2.43. The molecule has 0 saturated carbocycles. The van der Waals surface area contributed by atoms with Crippen molar-refractivity contribution in [1.82, 2.24) is 5.43 Å². The van der Waals surface area contributed by atoms with E-state index in [0.29, 0.717) is 0 Å². The van der Waals surface area contributed by atoms with Gasteiger partial charge in [0.25, 0.3) is 0 Å². The Bertz CT molecular complexity index is 311. The van der Waals surface area contributed by atoms with Gasteiger partial charge in [-0.05, 0) is 12.5 Å². The largest absolute Gasteiger partial charge is 0.497 e. The molecule has 0 bridgehead atoms. The molecule has 1 aromatic rings. The highest BCUT2D eigenvalue weighted by Crippen LogP contribution is 2.30. The second kappa shape index (κ2) is 5.58. The van der Waals surface area contributed by atoms with Crippen LogP contribution in [0.4, 0.5) is 0 Å². The van der Waals surface area contributed by atoms with Crippen LogP contribution in [0.3, 0.4) is 0 Å². The number of rotatable bonds is 5. The van der Waals surface area contributed by atoms with E-state index in [4.69, 9.17) is 15.3 Å². The van der Waals surface area contributed by atoms with Crippen LogP contribution in [0.25, 0.3) is 0 Å². The average molecular weight is 210 g/mol. The van der Waals surface area contributed by atoms with Gasteiger partial charge in [0.2, 0.25) is 0 Å². The SMILES string of the molecule is CCC(NN)c1ccc(OC)cc1OC. The van der Waals surface area contributed by atoms with Crippen LogP contribution in [-0.4, -0.2) is 14.2 Å². The van der Waals surface area contributed by atoms with Crippen molar-refractivity contribution in [3.63, 3.8) is 0 Å². The van der Waals surface area contributed by atoms with Crippen LogP contribution in [0, 0.1) is 0 Å². The van der Waals surface area contributed by atoms with Crippen molar-refractivity contribution in [3.8, 4) is 11.5 Å². The third kappa shape index (κ3) is 2.61. The quantitative estimate of drug-likeness (QED) is 0.572. The fourth-order valence-electron chi connectivity index (χ4n) is 1.53. The van der Waals surface area contributed by atoms with Gasteiger partial charge in [-0.3, -0.25) is 11.3 Å². The Labute approximate surface area is 90.3 Å². The summed E-state index contributed by atoms with van der Waals surface area (Å²) in [5.74, 6) is 7.04. The van der Waals surface area contributed by atoms with Gasteiger partial charge < -0.3 is 9.47 Å². The monoisotopic (exact) mass is 210 g/mol. The van der Waals surface area contributed by atoms with E-state index < -0.39 is 0 Å². The second-order valence-corrected chi connectivity index (χ2v) is 3.24. The van der Waals surface area contributed by atoms with Crippen LogP contribution in [0.1, 0.15) is 24.9 Å². The van der Waals surface area contributed by atoms with Gasteiger partial charge in [0, 0.05) is 17.7 Å². The highest BCUT2D eigenvalue weighted by atomic mass is 16.5. The molecule has 0 fully saturated rings. The number of hydrazine groups is 1. The number of benzene rings is 1. The topological polar surface area (TPSA) is 56.5 Å². The first kappa shape index (κ1) is 11.8. The van der Waals surface area contributed by atoms with E-state index in [0.717, 1.165) is 23.5 Å². The van der Waals surface area contributed by atoms with E-state index in [-0.39, 0.29) is 6.04 Å². The van der Waals surface area contributed by atoms with Gasteiger partial charge in [-0.2, -0.15) is 0 Å². The molecule has 15 heavy (non-hydrogen) atoms. The Balaban J connectivity index is 3.06. The molecule has 0 aliphatic carbocycles.